The maximum atomic E-state index is 12.8. The van der Waals surface area contributed by atoms with Gasteiger partial charge in [-0.1, -0.05) is 44.1 Å². The summed E-state index contributed by atoms with van der Waals surface area (Å²) in [6.45, 7) is 4.34. The average Bonchev–Trinajstić information content (AvgIpc) is 2.58. The lowest BCUT2D eigenvalue weighted by Crippen LogP contribution is -2.01. The molecule has 0 spiro atoms. The van der Waals surface area contributed by atoms with Gasteiger partial charge in [-0.25, -0.2) is 4.57 Å². The van der Waals surface area contributed by atoms with E-state index in [1.807, 2.05) is 18.2 Å². The molecule has 0 saturated carbocycles. The smallest absolute Gasteiger partial charge is 0.382 e. The number of methoxy groups -OCH3 is 1. The predicted molar refractivity (Wildman–Crippen MR) is 100 cm³/mol. The number of allylic oxidation sites excluding steroid dienone is 4. The van der Waals surface area contributed by atoms with E-state index in [9.17, 15) is 4.57 Å². The van der Waals surface area contributed by atoms with E-state index in [1.54, 1.807) is 38.3 Å². The number of rotatable bonds is 12. The lowest BCUT2D eigenvalue weighted by atomic mass is 10.2. The highest BCUT2D eigenvalue weighted by Crippen LogP contribution is 2.48. The molecule has 0 amide bonds. The minimum Gasteiger partial charge on any atom is -0.497 e. The molecule has 5 heteroatoms. The zero-order valence-electron chi connectivity index (χ0n) is 14.9. The topological polar surface area (TPSA) is 44.8 Å². The monoisotopic (exact) mass is 352 g/mol. The molecule has 134 valence electrons. The van der Waals surface area contributed by atoms with E-state index in [4.69, 9.17) is 13.8 Å². The summed E-state index contributed by atoms with van der Waals surface area (Å²) >= 11 is 0. The summed E-state index contributed by atoms with van der Waals surface area (Å²) in [6.07, 6.45) is 12.8. The van der Waals surface area contributed by atoms with Gasteiger partial charge in [-0.2, -0.15) is 0 Å². The second-order valence-electron chi connectivity index (χ2n) is 5.33. The van der Waals surface area contributed by atoms with Gasteiger partial charge in [0.15, 0.2) is 0 Å². The van der Waals surface area contributed by atoms with Crippen LogP contribution < -0.4 is 9.26 Å². The van der Waals surface area contributed by atoms with Crippen LogP contribution in [0.15, 0.2) is 48.6 Å². The highest BCUT2D eigenvalue weighted by molar-refractivity contribution is 7.54. The number of hydrogen-bond donors (Lipinski definition) is 0. The molecule has 1 aromatic rings. The first-order valence-electron chi connectivity index (χ1n) is 8.52. The molecule has 0 saturated heterocycles. The largest absolute Gasteiger partial charge is 0.497 e. The Hall–Kier alpha value is -1.51. The summed E-state index contributed by atoms with van der Waals surface area (Å²) < 4.78 is 28.8. The first-order chi connectivity index (χ1) is 11.6. The fourth-order valence-corrected chi connectivity index (χ4v) is 3.51. The van der Waals surface area contributed by atoms with Crippen molar-refractivity contribution in [1.82, 2.24) is 0 Å². The summed E-state index contributed by atoms with van der Waals surface area (Å²) in [7, 11) is -1.59. The molecule has 1 atom stereocenters. The highest BCUT2D eigenvalue weighted by atomic mass is 31.2. The van der Waals surface area contributed by atoms with Crippen molar-refractivity contribution in [3.8, 4) is 11.5 Å². The molecule has 24 heavy (non-hydrogen) atoms. The van der Waals surface area contributed by atoms with E-state index < -0.39 is 7.60 Å². The summed E-state index contributed by atoms with van der Waals surface area (Å²) in [6, 6.07) is 6.98. The molecule has 0 fully saturated rings. The van der Waals surface area contributed by atoms with Crippen LogP contribution in [-0.4, -0.2) is 19.9 Å². The van der Waals surface area contributed by atoms with Gasteiger partial charge in [0.25, 0.3) is 0 Å². The predicted octanol–water partition coefficient (Wildman–Crippen LogP) is 6.00. The molecule has 0 aliphatic carbocycles. The van der Waals surface area contributed by atoms with Gasteiger partial charge in [0.1, 0.15) is 11.5 Å². The zero-order chi connectivity index (χ0) is 17.7. The van der Waals surface area contributed by atoms with Crippen LogP contribution in [0.25, 0.3) is 0 Å². The second-order valence-corrected chi connectivity index (χ2v) is 7.36. The first kappa shape index (κ1) is 20.5. The third-order valence-electron chi connectivity index (χ3n) is 3.32. The van der Waals surface area contributed by atoms with E-state index in [-0.39, 0.29) is 6.16 Å². The maximum Gasteiger partial charge on any atom is 0.382 e. The average molecular weight is 352 g/mol. The first-order valence-corrected chi connectivity index (χ1v) is 10.2. The van der Waals surface area contributed by atoms with Crippen molar-refractivity contribution in [1.29, 1.82) is 0 Å². The van der Waals surface area contributed by atoms with Crippen molar-refractivity contribution in [2.75, 3.05) is 19.9 Å². The van der Waals surface area contributed by atoms with E-state index >= 15 is 0 Å². The van der Waals surface area contributed by atoms with Crippen molar-refractivity contribution in [2.45, 2.75) is 39.5 Å². The number of ether oxygens (including phenoxy) is 1. The SMILES string of the molecule is CCCCC/C=C/C=C/CP(=O)(OCC)Oc1ccc(OC)cc1. The van der Waals surface area contributed by atoms with Crippen molar-refractivity contribution in [3.05, 3.63) is 48.6 Å². The Kier molecular flexibility index (Phi) is 10.2. The maximum absolute atomic E-state index is 12.8. The molecule has 0 aliphatic rings. The Labute approximate surface area is 146 Å². The summed E-state index contributed by atoms with van der Waals surface area (Å²) in [5, 5.41) is 0. The Balaban J connectivity index is 2.55. The van der Waals surface area contributed by atoms with Crippen LogP contribution in [0, 0.1) is 0 Å². The highest BCUT2D eigenvalue weighted by Gasteiger charge is 2.23. The lowest BCUT2D eigenvalue weighted by molar-refractivity contribution is 0.281. The number of hydrogen-bond acceptors (Lipinski definition) is 4. The molecule has 0 aromatic heterocycles. The molecule has 1 unspecified atom stereocenters. The Morgan fingerprint density at radius 1 is 1.00 bits per heavy atom. The van der Waals surface area contributed by atoms with Crippen LogP contribution in [0.3, 0.4) is 0 Å². The van der Waals surface area contributed by atoms with Crippen LogP contribution in [-0.2, 0) is 9.09 Å². The van der Waals surface area contributed by atoms with Gasteiger partial charge in [-0.05, 0) is 44.0 Å². The van der Waals surface area contributed by atoms with Crippen molar-refractivity contribution < 1.29 is 18.3 Å². The number of unbranched alkanes of at least 4 members (excludes halogenated alkanes) is 3. The molecule has 0 radical (unpaired) electrons. The Bertz CT molecular complexity index is 549. The van der Waals surface area contributed by atoms with Crippen molar-refractivity contribution in [2.24, 2.45) is 0 Å². The summed E-state index contributed by atoms with van der Waals surface area (Å²) in [5.41, 5.74) is 0. The van der Waals surface area contributed by atoms with Gasteiger partial charge in [0.05, 0.1) is 19.9 Å². The van der Waals surface area contributed by atoms with E-state index in [0.717, 1.165) is 12.2 Å². The molecule has 1 rings (SSSR count). The lowest BCUT2D eigenvalue weighted by Gasteiger charge is -2.17. The molecule has 0 aliphatic heterocycles. The third kappa shape index (κ3) is 8.37. The van der Waals surface area contributed by atoms with Crippen LogP contribution in [0.2, 0.25) is 0 Å². The molecule has 4 nitrogen and oxygen atoms in total. The molecule has 0 N–H and O–H groups in total. The van der Waals surface area contributed by atoms with Gasteiger partial charge in [-0.15, -0.1) is 0 Å². The van der Waals surface area contributed by atoms with E-state index in [0.29, 0.717) is 12.4 Å². The van der Waals surface area contributed by atoms with Crippen LogP contribution in [0.1, 0.15) is 39.5 Å². The van der Waals surface area contributed by atoms with Crippen LogP contribution in [0.5, 0.6) is 11.5 Å². The van der Waals surface area contributed by atoms with E-state index in [2.05, 4.69) is 13.0 Å². The van der Waals surface area contributed by atoms with E-state index in [1.165, 1.54) is 19.3 Å². The van der Waals surface area contributed by atoms with Gasteiger partial charge in [-0.3, -0.25) is 4.52 Å². The molecular weight excluding hydrogens is 323 g/mol. The summed E-state index contributed by atoms with van der Waals surface area (Å²) in [4.78, 5) is 0. The minimum absolute atomic E-state index is 0.242. The fourth-order valence-electron chi connectivity index (χ4n) is 2.07. The van der Waals surface area contributed by atoms with Crippen molar-refractivity contribution >= 4 is 7.60 Å². The quantitative estimate of drug-likeness (QED) is 0.263. The fraction of sp³-hybridized carbons (Fsp3) is 0.474. The molecular formula is C19H29O4P. The van der Waals surface area contributed by atoms with Crippen LogP contribution in [0.4, 0.5) is 0 Å². The van der Waals surface area contributed by atoms with Gasteiger partial charge in [0, 0.05) is 0 Å². The third-order valence-corrected chi connectivity index (χ3v) is 5.11. The van der Waals surface area contributed by atoms with Crippen molar-refractivity contribution in [3.63, 3.8) is 0 Å². The molecule has 1 aromatic carbocycles. The summed E-state index contributed by atoms with van der Waals surface area (Å²) in [5.74, 6) is 1.23. The number of benzene rings is 1. The van der Waals surface area contributed by atoms with Gasteiger partial charge < -0.3 is 9.26 Å². The Morgan fingerprint density at radius 3 is 2.29 bits per heavy atom. The standard InChI is InChI=1S/C19H29O4P/c1-4-6-7-8-9-10-11-12-17-24(20,22-5-2)23-19-15-13-18(21-3)14-16-19/h9-16H,4-8,17H2,1-3H3/b10-9+,12-11+. The van der Waals surface area contributed by atoms with Gasteiger partial charge in [0.2, 0.25) is 0 Å². The van der Waals surface area contributed by atoms with Crippen LogP contribution >= 0.6 is 7.60 Å². The zero-order valence-corrected chi connectivity index (χ0v) is 15.8. The normalized spacial score (nSPS) is 14.1. The van der Waals surface area contributed by atoms with Gasteiger partial charge >= 0.3 is 7.60 Å². The Morgan fingerprint density at radius 2 is 1.67 bits per heavy atom. The molecule has 0 heterocycles. The second kappa shape index (κ2) is 11.9. The minimum atomic E-state index is -3.19. The molecule has 0 bridgehead atoms.